The molecule has 1 aromatic carbocycles. The number of nitrogens with one attached hydrogen (secondary N) is 1. The van der Waals surface area contributed by atoms with Crippen LogP contribution in [0.4, 0.5) is 0 Å². The molecule has 2 aliphatic rings. The molecule has 0 atom stereocenters. The van der Waals surface area contributed by atoms with E-state index in [1.807, 2.05) is 24.3 Å². The monoisotopic (exact) mass is 356 g/mol. The number of amides is 1. The molecule has 2 fully saturated rings. The highest BCUT2D eigenvalue weighted by Gasteiger charge is 2.45. The molecule has 130 valence electrons. The molecule has 0 spiro atoms. The molecule has 2 saturated carbocycles. The van der Waals surface area contributed by atoms with E-state index in [1.165, 1.54) is 37.0 Å². The molecule has 1 heterocycles. The second-order valence-electron chi connectivity index (χ2n) is 6.96. The fourth-order valence-corrected chi connectivity index (χ4v) is 4.14. The van der Waals surface area contributed by atoms with Crippen LogP contribution in [0.25, 0.3) is 10.6 Å². The first-order chi connectivity index (χ1) is 12.1. The lowest BCUT2D eigenvalue weighted by molar-refractivity contribution is -0.126. The van der Waals surface area contributed by atoms with Crippen molar-refractivity contribution in [2.45, 2.75) is 32.2 Å². The smallest absolute Gasteiger partial charge is 0.355 e. The summed E-state index contributed by atoms with van der Waals surface area (Å²) < 4.78 is 0. The predicted octanol–water partition coefficient (Wildman–Crippen LogP) is 3.56. The van der Waals surface area contributed by atoms with E-state index in [4.69, 9.17) is 5.11 Å². The number of benzene rings is 1. The van der Waals surface area contributed by atoms with Crippen LogP contribution in [0, 0.1) is 17.8 Å². The minimum absolute atomic E-state index is 0.0652. The van der Waals surface area contributed by atoms with E-state index in [-0.39, 0.29) is 17.5 Å². The van der Waals surface area contributed by atoms with Crippen molar-refractivity contribution >= 4 is 23.2 Å². The minimum Gasteiger partial charge on any atom is -0.476 e. The molecule has 25 heavy (non-hydrogen) atoms. The van der Waals surface area contributed by atoms with E-state index in [0.717, 1.165) is 11.1 Å². The van der Waals surface area contributed by atoms with E-state index in [1.54, 1.807) is 5.38 Å². The molecule has 5 nitrogen and oxygen atoms in total. The maximum Gasteiger partial charge on any atom is 0.355 e. The van der Waals surface area contributed by atoms with Crippen LogP contribution in [-0.4, -0.2) is 22.0 Å². The number of carboxylic acids is 1. The lowest BCUT2D eigenvalue weighted by Gasteiger charge is -2.15. The summed E-state index contributed by atoms with van der Waals surface area (Å²) in [5, 5.41) is 14.3. The first-order valence-electron chi connectivity index (χ1n) is 8.67. The molecule has 1 amide bonds. The summed E-state index contributed by atoms with van der Waals surface area (Å²) in [6.07, 6.45) is 4.78. The third-order valence-corrected chi connectivity index (χ3v) is 5.82. The van der Waals surface area contributed by atoms with E-state index < -0.39 is 5.97 Å². The number of aromatic carboxylic acids is 1. The molecule has 2 N–H and O–H groups in total. The number of carboxylic acid groups (broad SMARTS) is 1. The maximum atomic E-state index is 12.5. The van der Waals surface area contributed by atoms with Crippen molar-refractivity contribution in [2.75, 3.05) is 0 Å². The van der Waals surface area contributed by atoms with Gasteiger partial charge in [-0.2, -0.15) is 0 Å². The summed E-state index contributed by atoms with van der Waals surface area (Å²) in [5.74, 6) is 0.586. The summed E-state index contributed by atoms with van der Waals surface area (Å²) in [4.78, 5) is 27.6. The van der Waals surface area contributed by atoms with Crippen molar-refractivity contribution in [1.82, 2.24) is 10.3 Å². The normalized spacial score (nSPS) is 16.8. The Morgan fingerprint density at radius 3 is 2.56 bits per heavy atom. The second-order valence-corrected chi connectivity index (χ2v) is 7.82. The second kappa shape index (κ2) is 6.59. The topological polar surface area (TPSA) is 79.3 Å². The van der Waals surface area contributed by atoms with Gasteiger partial charge >= 0.3 is 5.97 Å². The number of aromatic nitrogens is 1. The molecule has 0 unspecified atom stereocenters. The molecule has 0 radical (unpaired) electrons. The largest absolute Gasteiger partial charge is 0.476 e. The van der Waals surface area contributed by atoms with Crippen LogP contribution in [0.5, 0.6) is 0 Å². The Kier molecular flexibility index (Phi) is 4.29. The highest BCUT2D eigenvalue weighted by atomic mass is 32.1. The fourth-order valence-electron chi connectivity index (χ4n) is 3.35. The fraction of sp³-hybridized carbons (Fsp3) is 0.421. The Morgan fingerprint density at radius 1 is 1.24 bits per heavy atom. The summed E-state index contributed by atoms with van der Waals surface area (Å²) in [5.41, 5.74) is 1.95. The molecule has 6 heteroatoms. The quantitative estimate of drug-likeness (QED) is 0.795. The minimum atomic E-state index is -1.02. The van der Waals surface area contributed by atoms with Crippen molar-refractivity contribution in [2.24, 2.45) is 17.8 Å². The van der Waals surface area contributed by atoms with Gasteiger partial charge in [0.25, 0.3) is 0 Å². The van der Waals surface area contributed by atoms with E-state index in [0.29, 0.717) is 23.4 Å². The van der Waals surface area contributed by atoms with Gasteiger partial charge in [0, 0.05) is 23.4 Å². The first-order valence-corrected chi connectivity index (χ1v) is 9.55. The summed E-state index contributed by atoms with van der Waals surface area (Å²) in [6, 6.07) is 7.76. The molecule has 1 aromatic heterocycles. The summed E-state index contributed by atoms with van der Waals surface area (Å²) in [7, 11) is 0. The number of rotatable bonds is 7. The van der Waals surface area contributed by atoms with Crippen LogP contribution >= 0.6 is 11.3 Å². The molecule has 4 rings (SSSR count). The first kappa shape index (κ1) is 16.3. The molecule has 2 aromatic rings. The number of carbonyl (C=O) groups is 2. The van der Waals surface area contributed by atoms with Crippen molar-refractivity contribution in [3.05, 3.63) is 40.9 Å². The van der Waals surface area contributed by atoms with E-state index in [2.05, 4.69) is 10.3 Å². The van der Waals surface area contributed by atoms with Crippen LogP contribution in [0.2, 0.25) is 0 Å². The van der Waals surface area contributed by atoms with Gasteiger partial charge in [0.15, 0.2) is 5.69 Å². The zero-order valence-corrected chi connectivity index (χ0v) is 14.6. The van der Waals surface area contributed by atoms with Crippen molar-refractivity contribution in [3.8, 4) is 10.6 Å². The Balaban J connectivity index is 1.42. The van der Waals surface area contributed by atoms with Gasteiger partial charge in [-0.15, -0.1) is 11.3 Å². The van der Waals surface area contributed by atoms with Crippen LogP contribution in [0.3, 0.4) is 0 Å². The third-order valence-electron chi connectivity index (χ3n) is 4.93. The summed E-state index contributed by atoms with van der Waals surface area (Å²) in [6.45, 7) is 0.500. The lowest BCUT2D eigenvalue weighted by Crippen LogP contribution is -2.32. The molecular formula is C19H20N2O3S. The van der Waals surface area contributed by atoms with Crippen LogP contribution in [0.1, 0.15) is 41.7 Å². The zero-order valence-electron chi connectivity index (χ0n) is 13.8. The van der Waals surface area contributed by atoms with E-state index >= 15 is 0 Å². The zero-order chi connectivity index (χ0) is 17.4. The standard InChI is InChI=1S/C19H20N2O3S/c22-17(16(12-4-5-12)13-6-7-13)20-9-11-2-1-3-14(8-11)18-21-15(10-25-18)19(23)24/h1-3,8,10,12-13,16H,4-7,9H2,(H,20,22)(H,23,24). The van der Waals surface area contributed by atoms with Crippen LogP contribution in [0.15, 0.2) is 29.6 Å². The van der Waals surface area contributed by atoms with Crippen LogP contribution < -0.4 is 5.32 Å². The van der Waals surface area contributed by atoms with Gasteiger partial charge < -0.3 is 10.4 Å². The predicted molar refractivity (Wildman–Crippen MR) is 95.3 cm³/mol. The Hall–Kier alpha value is -2.21. The molecule has 0 bridgehead atoms. The van der Waals surface area contributed by atoms with Crippen LogP contribution in [-0.2, 0) is 11.3 Å². The van der Waals surface area contributed by atoms with Gasteiger partial charge in [0.2, 0.25) is 5.91 Å². The van der Waals surface area contributed by atoms with Gasteiger partial charge in [0.05, 0.1) is 0 Å². The van der Waals surface area contributed by atoms with Crippen molar-refractivity contribution in [3.63, 3.8) is 0 Å². The highest BCUT2D eigenvalue weighted by molar-refractivity contribution is 7.13. The molecule has 2 aliphatic carbocycles. The average Bonchev–Trinajstić information content (AvgIpc) is 3.54. The van der Waals surface area contributed by atoms with Gasteiger partial charge in [-0.25, -0.2) is 9.78 Å². The molecule has 0 saturated heterocycles. The average molecular weight is 356 g/mol. The Labute approximate surface area is 150 Å². The summed E-state index contributed by atoms with van der Waals surface area (Å²) >= 11 is 1.31. The molecular weight excluding hydrogens is 336 g/mol. The third kappa shape index (κ3) is 3.74. The van der Waals surface area contributed by atoms with E-state index in [9.17, 15) is 9.59 Å². The number of nitrogens with zero attached hydrogens (tertiary/aromatic N) is 1. The maximum absolute atomic E-state index is 12.5. The lowest BCUT2D eigenvalue weighted by atomic mass is 9.97. The van der Waals surface area contributed by atoms with Gasteiger partial charge in [-0.3, -0.25) is 4.79 Å². The molecule has 0 aliphatic heterocycles. The Bertz CT molecular complexity index is 797. The number of carbonyl (C=O) groups excluding carboxylic acids is 1. The SMILES string of the molecule is O=C(O)c1csc(-c2cccc(CNC(=O)C(C3CC3)C3CC3)c2)n1. The van der Waals surface area contributed by atoms with Gasteiger partial charge in [0.1, 0.15) is 5.01 Å². The number of hydrogen-bond acceptors (Lipinski definition) is 4. The van der Waals surface area contributed by atoms with Crippen molar-refractivity contribution in [1.29, 1.82) is 0 Å². The Morgan fingerprint density at radius 2 is 1.96 bits per heavy atom. The highest BCUT2D eigenvalue weighted by Crippen LogP contribution is 2.49. The number of thiazole rings is 1. The van der Waals surface area contributed by atoms with Gasteiger partial charge in [-0.05, 0) is 49.1 Å². The number of hydrogen-bond donors (Lipinski definition) is 2. The van der Waals surface area contributed by atoms with Gasteiger partial charge in [-0.1, -0.05) is 18.2 Å². The van der Waals surface area contributed by atoms with Crippen molar-refractivity contribution < 1.29 is 14.7 Å².